The number of benzene rings is 1. The first-order valence-electron chi connectivity index (χ1n) is 9.77. The maximum atomic E-state index is 12.8. The van der Waals surface area contributed by atoms with Gasteiger partial charge in [0, 0.05) is 25.8 Å². The first kappa shape index (κ1) is 23.2. The number of rotatable bonds is 8. The molecule has 0 atom stereocenters. The summed E-state index contributed by atoms with van der Waals surface area (Å²) in [6.07, 6.45) is 0. The Hall–Kier alpha value is -2.47. The summed E-state index contributed by atoms with van der Waals surface area (Å²) in [4.78, 5) is 26.8. The lowest BCUT2D eigenvalue weighted by Crippen LogP contribution is -2.40. The molecular weight excluding hydrogens is 442 g/mol. The lowest BCUT2D eigenvalue weighted by molar-refractivity contribution is -0.116. The Balaban J connectivity index is 1.61. The molecular formula is C20H25N3O6S2. The van der Waals surface area contributed by atoms with Gasteiger partial charge in [-0.2, -0.15) is 4.31 Å². The Morgan fingerprint density at radius 3 is 2.48 bits per heavy atom. The summed E-state index contributed by atoms with van der Waals surface area (Å²) in [7, 11) is -2.58. The predicted molar refractivity (Wildman–Crippen MR) is 117 cm³/mol. The van der Waals surface area contributed by atoms with E-state index in [2.05, 4.69) is 5.32 Å². The van der Waals surface area contributed by atoms with Crippen molar-refractivity contribution in [2.24, 2.45) is 0 Å². The molecule has 31 heavy (non-hydrogen) atoms. The minimum atomic E-state index is -3.91. The van der Waals surface area contributed by atoms with Crippen LogP contribution in [0.5, 0.6) is 5.75 Å². The van der Waals surface area contributed by atoms with E-state index in [-0.39, 0.29) is 16.7 Å². The summed E-state index contributed by atoms with van der Waals surface area (Å²) in [6.45, 7) is 3.94. The third-order valence-electron chi connectivity index (χ3n) is 4.57. The number of likely N-dealkylation sites (N-methyl/N-ethyl adjacent to an activating group) is 1. The van der Waals surface area contributed by atoms with Gasteiger partial charge in [0.2, 0.25) is 5.91 Å². The number of carbonyl (C=O) groups excluding carboxylic acids is 2. The summed E-state index contributed by atoms with van der Waals surface area (Å²) >= 11 is 0.900. The lowest BCUT2D eigenvalue weighted by Gasteiger charge is -2.26. The fourth-order valence-electron chi connectivity index (χ4n) is 2.94. The topological polar surface area (TPSA) is 105 Å². The second kappa shape index (κ2) is 10.2. The van der Waals surface area contributed by atoms with Crippen molar-refractivity contribution in [2.45, 2.75) is 11.1 Å². The number of hydrogen-bond donors (Lipinski definition) is 1. The van der Waals surface area contributed by atoms with Crippen molar-refractivity contribution >= 4 is 38.9 Å². The van der Waals surface area contributed by atoms with Gasteiger partial charge in [0.25, 0.3) is 15.9 Å². The van der Waals surface area contributed by atoms with E-state index in [0.29, 0.717) is 49.2 Å². The van der Waals surface area contributed by atoms with Gasteiger partial charge in [-0.1, -0.05) is 0 Å². The molecule has 0 radical (unpaired) electrons. The van der Waals surface area contributed by atoms with E-state index >= 15 is 0 Å². The molecule has 2 amide bonds. The van der Waals surface area contributed by atoms with Crippen molar-refractivity contribution in [1.29, 1.82) is 0 Å². The van der Waals surface area contributed by atoms with Crippen LogP contribution in [0, 0.1) is 0 Å². The van der Waals surface area contributed by atoms with Crippen molar-refractivity contribution in [3.8, 4) is 5.75 Å². The van der Waals surface area contributed by atoms with Crippen LogP contribution < -0.4 is 10.1 Å². The van der Waals surface area contributed by atoms with Crippen LogP contribution in [0.25, 0.3) is 0 Å². The molecule has 2 aromatic rings. The van der Waals surface area contributed by atoms with Crippen LogP contribution in [0.3, 0.4) is 0 Å². The van der Waals surface area contributed by atoms with Crippen LogP contribution >= 0.6 is 11.3 Å². The Kier molecular flexibility index (Phi) is 7.65. The number of amides is 2. The fraction of sp³-hybridized carbons (Fsp3) is 0.400. The van der Waals surface area contributed by atoms with Gasteiger partial charge in [-0.15, -0.1) is 11.3 Å². The zero-order chi connectivity index (χ0) is 22.4. The molecule has 3 rings (SSSR count). The molecule has 2 heterocycles. The maximum Gasteiger partial charge on any atom is 0.264 e. The van der Waals surface area contributed by atoms with E-state index in [0.717, 1.165) is 15.6 Å². The van der Waals surface area contributed by atoms with E-state index in [1.165, 1.54) is 19.2 Å². The van der Waals surface area contributed by atoms with Gasteiger partial charge < -0.3 is 19.7 Å². The number of sulfonamides is 1. The first-order valence-corrected chi connectivity index (χ1v) is 12.0. The molecule has 1 N–H and O–H groups in total. The average molecular weight is 468 g/mol. The smallest absolute Gasteiger partial charge is 0.264 e. The van der Waals surface area contributed by atoms with E-state index in [4.69, 9.17) is 9.47 Å². The van der Waals surface area contributed by atoms with Crippen molar-refractivity contribution in [2.75, 3.05) is 51.8 Å². The van der Waals surface area contributed by atoms with Gasteiger partial charge in [-0.25, -0.2) is 8.42 Å². The summed E-state index contributed by atoms with van der Waals surface area (Å²) in [5, 5.41) is 2.66. The highest BCUT2D eigenvalue weighted by Gasteiger charge is 2.27. The largest absolute Gasteiger partial charge is 0.494 e. The molecule has 168 valence electrons. The van der Waals surface area contributed by atoms with E-state index in [1.54, 1.807) is 29.2 Å². The minimum absolute atomic E-state index is 0.0143. The van der Waals surface area contributed by atoms with E-state index in [1.807, 2.05) is 6.92 Å². The Morgan fingerprint density at radius 1 is 1.16 bits per heavy atom. The van der Waals surface area contributed by atoms with Crippen LogP contribution in [-0.2, 0) is 19.6 Å². The molecule has 1 fully saturated rings. The maximum absolute atomic E-state index is 12.8. The third kappa shape index (κ3) is 5.82. The van der Waals surface area contributed by atoms with Crippen molar-refractivity contribution in [1.82, 2.24) is 9.21 Å². The zero-order valence-corrected chi connectivity index (χ0v) is 19.0. The second-order valence-electron chi connectivity index (χ2n) is 6.79. The van der Waals surface area contributed by atoms with Crippen LogP contribution in [0.1, 0.15) is 16.6 Å². The molecule has 0 bridgehead atoms. The quantitative estimate of drug-likeness (QED) is 0.636. The first-order chi connectivity index (χ1) is 14.8. The van der Waals surface area contributed by atoms with Crippen LogP contribution in [0.2, 0.25) is 0 Å². The van der Waals surface area contributed by atoms with E-state index < -0.39 is 15.9 Å². The highest BCUT2D eigenvalue weighted by atomic mass is 32.2. The predicted octanol–water partition coefficient (Wildman–Crippen LogP) is 1.88. The Morgan fingerprint density at radius 2 is 1.84 bits per heavy atom. The molecule has 1 aromatic carbocycles. The molecule has 1 aromatic heterocycles. The summed E-state index contributed by atoms with van der Waals surface area (Å²) in [5.41, 5.74) is 0.536. The molecule has 0 aliphatic carbocycles. The standard InChI is InChI=1S/C20H25N3O6S2/c1-3-29-16-6-4-15(5-7-16)21-18(24)14-22(2)31(26,27)19-9-8-17(30-19)20(25)23-10-12-28-13-11-23/h4-9H,3,10-14H2,1-2H3,(H,21,24). The SMILES string of the molecule is CCOc1ccc(NC(=O)CN(C)S(=O)(=O)c2ccc(C(=O)N3CCOCC3)s2)cc1. The number of carbonyl (C=O) groups is 2. The van der Waals surface area contributed by atoms with Gasteiger partial charge in [0.05, 0.1) is 31.2 Å². The van der Waals surface area contributed by atoms with Gasteiger partial charge in [0.15, 0.2) is 0 Å². The average Bonchev–Trinajstić information content (AvgIpc) is 3.26. The fourth-order valence-corrected chi connectivity index (χ4v) is 5.55. The number of anilines is 1. The molecule has 0 unspecified atom stereocenters. The molecule has 1 saturated heterocycles. The number of thiophene rings is 1. The summed E-state index contributed by atoms with van der Waals surface area (Å²) in [5.74, 6) is -0.0117. The monoisotopic (exact) mass is 467 g/mol. The molecule has 0 saturated carbocycles. The molecule has 0 spiro atoms. The van der Waals surface area contributed by atoms with Crippen molar-refractivity contribution in [3.05, 3.63) is 41.3 Å². The van der Waals surface area contributed by atoms with Crippen LogP contribution in [0.4, 0.5) is 5.69 Å². The number of nitrogens with one attached hydrogen (secondary N) is 1. The Labute approximate surface area is 185 Å². The Bertz CT molecular complexity index is 1010. The second-order valence-corrected chi connectivity index (χ2v) is 10.1. The lowest BCUT2D eigenvalue weighted by atomic mass is 10.3. The minimum Gasteiger partial charge on any atom is -0.494 e. The third-order valence-corrected chi connectivity index (χ3v) is 7.91. The molecule has 1 aliphatic rings. The molecule has 9 nitrogen and oxygen atoms in total. The van der Waals surface area contributed by atoms with Gasteiger partial charge in [-0.3, -0.25) is 9.59 Å². The molecule has 1 aliphatic heterocycles. The number of morpholine rings is 1. The normalized spacial score (nSPS) is 14.5. The van der Waals surface area contributed by atoms with E-state index in [9.17, 15) is 18.0 Å². The summed E-state index contributed by atoms with van der Waals surface area (Å²) < 4.78 is 37.3. The van der Waals surface area contributed by atoms with Gasteiger partial charge in [0.1, 0.15) is 9.96 Å². The zero-order valence-electron chi connectivity index (χ0n) is 17.4. The summed E-state index contributed by atoms with van der Waals surface area (Å²) in [6, 6.07) is 9.70. The van der Waals surface area contributed by atoms with Crippen LogP contribution in [0.15, 0.2) is 40.6 Å². The molecule has 11 heteroatoms. The highest BCUT2D eigenvalue weighted by Crippen LogP contribution is 2.26. The van der Waals surface area contributed by atoms with Crippen molar-refractivity contribution in [3.63, 3.8) is 0 Å². The van der Waals surface area contributed by atoms with Crippen molar-refractivity contribution < 1.29 is 27.5 Å². The van der Waals surface area contributed by atoms with Crippen LogP contribution in [-0.4, -0.2) is 75.9 Å². The number of ether oxygens (including phenoxy) is 2. The highest BCUT2D eigenvalue weighted by molar-refractivity contribution is 7.91. The van der Waals surface area contributed by atoms with Gasteiger partial charge >= 0.3 is 0 Å². The van der Waals surface area contributed by atoms with Gasteiger partial charge in [-0.05, 0) is 43.3 Å². The number of hydrogen-bond acceptors (Lipinski definition) is 7. The number of nitrogens with zero attached hydrogens (tertiary/aromatic N) is 2.